The molecular formula is C15H26N2O. The fraction of sp³-hybridized carbons (Fsp3) is 0.600. The van der Waals surface area contributed by atoms with E-state index in [0.29, 0.717) is 12.6 Å². The van der Waals surface area contributed by atoms with Gasteiger partial charge in [-0.05, 0) is 32.9 Å². The molecule has 18 heavy (non-hydrogen) atoms. The van der Waals surface area contributed by atoms with Crippen LogP contribution >= 0.6 is 0 Å². The first-order valence-corrected chi connectivity index (χ1v) is 6.83. The summed E-state index contributed by atoms with van der Waals surface area (Å²) in [5.74, 6) is 0.917. The molecule has 3 nitrogen and oxygen atoms in total. The minimum Gasteiger partial charge on any atom is -0.492 e. The number of benzene rings is 1. The smallest absolute Gasteiger partial charge is 0.123 e. The van der Waals surface area contributed by atoms with Crippen molar-refractivity contribution in [3.8, 4) is 5.75 Å². The van der Waals surface area contributed by atoms with Crippen LogP contribution in [0.15, 0.2) is 24.3 Å². The van der Waals surface area contributed by atoms with E-state index in [4.69, 9.17) is 10.5 Å². The van der Waals surface area contributed by atoms with Gasteiger partial charge >= 0.3 is 0 Å². The molecule has 0 unspecified atom stereocenters. The second kappa shape index (κ2) is 8.11. The minimum atomic E-state index is 0.527. The Bertz CT molecular complexity index is 339. The Morgan fingerprint density at radius 2 is 1.94 bits per heavy atom. The Kier molecular flexibility index (Phi) is 6.76. The summed E-state index contributed by atoms with van der Waals surface area (Å²) in [6.45, 7) is 9.99. The van der Waals surface area contributed by atoms with E-state index in [9.17, 15) is 0 Å². The highest BCUT2D eigenvalue weighted by Crippen LogP contribution is 2.17. The lowest BCUT2D eigenvalue weighted by Gasteiger charge is -2.26. The minimum absolute atomic E-state index is 0.527. The van der Waals surface area contributed by atoms with Gasteiger partial charge in [0.25, 0.3) is 0 Å². The van der Waals surface area contributed by atoms with E-state index < -0.39 is 0 Å². The zero-order valence-corrected chi connectivity index (χ0v) is 11.9. The molecular weight excluding hydrogens is 224 g/mol. The molecule has 102 valence electrons. The molecule has 0 radical (unpaired) electrons. The first-order valence-electron chi connectivity index (χ1n) is 6.83. The first kappa shape index (κ1) is 15.0. The number of ether oxygens (including phenoxy) is 1. The molecule has 0 bridgehead atoms. The van der Waals surface area contributed by atoms with Gasteiger partial charge in [0, 0.05) is 24.7 Å². The SMILES string of the molecule is CCCN(CCOc1ccccc1CN)C(C)C. The summed E-state index contributed by atoms with van der Waals surface area (Å²) in [7, 11) is 0. The Morgan fingerprint density at radius 3 is 2.56 bits per heavy atom. The van der Waals surface area contributed by atoms with E-state index >= 15 is 0 Å². The second-order valence-corrected chi connectivity index (χ2v) is 4.79. The van der Waals surface area contributed by atoms with Gasteiger partial charge in [-0.15, -0.1) is 0 Å². The monoisotopic (exact) mass is 250 g/mol. The van der Waals surface area contributed by atoms with Crippen LogP contribution in [0.3, 0.4) is 0 Å². The maximum atomic E-state index is 5.83. The Labute approximate surface area is 111 Å². The molecule has 1 rings (SSSR count). The van der Waals surface area contributed by atoms with Crippen LogP contribution in [0, 0.1) is 0 Å². The van der Waals surface area contributed by atoms with Crippen molar-refractivity contribution >= 4 is 0 Å². The molecule has 0 aliphatic heterocycles. The van der Waals surface area contributed by atoms with Crippen molar-refractivity contribution in [2.24, 2.45) is 5.73 Å². The molecule has 0 saturated heterocycles. The van der Waals surface area contributed by atoms with Gasteiger partial charge in [-0.2, -0.15) is 0 Å². The summed E-state index contributed by atoms with van der Waals surface area (Å²) >= 11 is 0. The lowest BCUT2D eigenvalue weighted by atomic mass is 10.2. The normalized spacial score (nSPS) is 11.2. The molecule has 1 aromatic carbocycles. The predicted molar refractivity (Wildman–Crippen MR) is 76.8 cm³/mol. The van der Waals surface area contributed by atoms with Gasteiger partial charge in [0.2, 0.25) is 0 Å². The highest BCUT2D eigenvalue weighted by atomic mass is 16.5. The molecule has 2 N–H and O–H groups in total. The van der Waals surface area contributed by atoms with E-state index in [1.165, 1.54) is 6.42 Å². The van der Waals surface area contributed by atoms with Crippen LogP contribution in [0.25, 0.3) is 0 Å². The maximum absolute atomic E-state index is 5.83. The zero-order chi connectivity index (χ0) is 13.4. The summed E-state index contributed by atoms with van der Waals surface area (Å²) in [6, 6.07) is 8.55. The fourth-order valence-corrected chi connectivity index (χ4v) is 2.00. The highest BCUT2D eigenvalue weighted by Gasteiger charge is 2.08. The Hall–Kier alpha value is -1.06. The van der Waals surface area contributed by atoms with Crippen molar-refractivity contribution in [1.82, 2.24) is 4.90 Å². The Balaban J connectivity index is 2.44. The third-order valence-corrected chi connectivity index (χ3v) is 3.07. The predicted octanol–water partition coefficient (Wildman–Crippen LogP) is 2.64. The van der Waals surface area contributed by atoms with E-state index in [0.717, 1.165) is 31.0 Å². The standard InChI is InChI=1S/C15H26N2O/c1-4-9-17(13(2)3)10-11-18-15-8-6-5-7-14(15)12-16/h5-8,13H,4,9-12,16H2,1-3H3. The maximum Gasteiger partial charge on any atom is 0.123 e. The van der Waals surface area contributed by atoms with Gasteiger partial charge < -0.3 is 10.5 Å². The van der Waals surface area contributed by atoms with Gasteiger partial charge in [-0.25, -0.2) is 0 Å². The van der Waals surface area contributed by atoms with E-state index in [-0.39, 0.29) is 0 Å². The van der Waals surface area contributed by atoms with Crippen LogP contribution < -0.4 is 10.5 Å². The van der Waals surface area contributed by atoms with Crippen LogP contribution in [0.1, 0.15) is 32.8 Å². The molecule has 0 aliphatic rings. The van der Waals surface area contributed by atoms with Crippen molar-refractivity contribution in [2.75, 3.05) is 19.7 Å². The first-order chi connectivity index (χ1) is 8.69. The molecule has 0 saturated carbocycles. The summed E-state index contributed by atoms with van der Waals surface area (Å²) in [5.41, 5.74) is 6.76. The quantitative estimate of drug-likeness (QED) is 0.771. The van der Waals surface area contributed by atoms with Gasteiger partial charge in [-0.1, -0.05) is 25.1 Å². The van der Waals surface area contributed by atoms with Gasteiger partial charge in [0.05, 0.1) is 0 Å². The number of para-hydroxylation sites is 1. The van der Waals surface area contributed by atoms with E-state index in [2.05, 4.69) is 25.7 Å². The second-order valence-electron chi connectivity index (χ2n) is 4.79. The summed E-state index contributed by atoms with van der Waals surface area (Å²) < 4.78 is 5.83. The molecule has 0 heterocycles. The lowest BCUT2D eigenvalue weighted by molar-refractivity contribution is 0.175. The van der Waals surface area contributed by atoms with Crippen molar-refractivity contribution in [3.63, 3.8) is 0 Å². The Morgan fingerprint density at radius 1 is 1.22 bits per heavy atom. The van der Waals surface area contributed by atoms with E-state index in [1.807, 2.05) is 24.3 Å². The van der Waals surface area contributed by atoms with Gasteiger partial charge in [0.1, 0.15) is 12.4 Å². The summed E-state index contributed by atoms with van der Waals surface area (Å²) in [5, 5.41) is 0. The molecule has 0 aliphatic carbocycles. The van der Waals surface area contributed by atoms with Gasteiger partial charge in [-0.3, -0.25) is 4.90 Å². The average Bonchev–Trinajstić information content (AvgIpc) is 2.38. The molecule has 0 aromatic heterocycles. The number of nitrogens with zero attached hydrogens (tertiary/aromatic N) is 1. The summed E-state index contributed by atoms with van der Waals surface area (Å²) in [6.07, 6.45) is 1.18. The van der Waals surface area contributed by atoms with Crippen LogP contribution in [0.5, 0.6) is 5.75 Å². The fourth-order valence-electron chi connectivity index (χ4n) is 2.00. The lowest BCUT2D eigenvalue weighted by Crippen LogP contribution is -2.35. The van der Waals surface area contributed by atoms with Crippen LogP contribution in [0.2, 0.25) is 0 Å². The van der Waals surface area contributed by atoms with E-state index in [1.54, 1.807) is 0 Å². The highest BCUT2D eigenvalue weighted by molar-refractivity contribution is 5.32. The van der Waals surface area contributed by atoms with Gasteiger partial charge in [0.15, 0.2) is 0 Å². The molecule has 0 fully saturated rings. The number of hydrogen-bond acceptors (Lipinski definition) is 3. The average molecular weight is 250 g/mol. The summed E-state index contributed by atoms with van der Waals surface area (Å²) in [4.78, 5) is 2.44. The topological polar surface area (TPSA) is 38.5 Å². The van der Waals surface area contributed by atoms with Crippen LogP contribution in [-0.4, -0.2) is 30.6 Å². The van der Waals surface area contributed by atoms with Crippen molar-refractivity contribution in [3.05, 3.63) is 29.8 Å². The number of rotatable bonds is 8. The molecule has 1 aromatic rings. The van der Waals surface area contributed by atoms with Crippen LogP contribution in [0.4, 0.5) is 0 Å². The molecule has 3 heteroatoms. The molecule has 0 atom stereocenters. The van der Waals surface area contributed by atoms with Crippen molar-refractivity contribution in [1.29, 1.82) is 0 Å². The number of hydrogen-bond donors (Lipinski definition) is 1. The molecule has 0 amide bonds. The zero-order valence-electron chi connectivity index (χ0n) is 11.9. The largest absolute Gasteiger partial charge is 0.492 e. The third-order valence-electron chi connectivity index (χ3n) is 3.07. The van der Waals surface area contributed by atoms with Crippen molar-refractivity contribution < 1.29 is 4.74 Å². The van der Waals surface area contributed by atoms with Crippen LogP contribution in [-0.2, 0) is 6.54 Å². The number of nitrogens with two attached hydrogens (primary N) is 1. The van der Waals surface area contributed by atoms with Crippen molar-refractivity contribution in [2.45, 2.75) is 39.8 Å². The third kappa shape index (κ3) is 4.67. The molecule has 0 spiro atoms.